The smallest absolute Gasteiger partial charge is 0.372 e. The van der Waals surface area contributed by atoms with Gasteiger partial charge in [0.05, 0.1) is 11.1 Å². The van der Waals surface area contributed by atoms with Crippen LogP contribution in [0.25, 0.3) is 0 Å². The van der Waals surface area contributed by atoms with Crippen molar-refractivity contribution in [1.29, 1.82) is 0 Å². The first-order valence-electron chi connectivity index (χ1n) is 12.7. The number of hydrogen-bond acceptors (Lipinski definition) is 3. The van der Waals surface area contributed by atoms with Gasteiger partial charge in [-0.1, -0.05) is 56.3 Å². The summed E-state index contributed by atoms with van der Waals surface area (Å²) in [5.74, 6) is -4.57. The highest BCUT2D eigenvalue weighted by Gasteiger charge is 2.75. The van der Waals surface area contributed by atoms with Crippen molar-refractivity contribution in [3.63, 3.8) is 0 Å². The first kappa shape index (κ1) is 34.8. The second kappa shape index (κ2) is 12.3. The van der Waals surface area contributed by atoms with Gasteiger partial charge in [0.25, 0.3) is 5.60 Å². The zero-order valence-corrected chi connectivity index (χ0v) is 22.8. The molecule has 0 aliphatic carbocycles. The fraction of sp³-hybridized carbons (Fsp3) is 0.345. The number of aliphatic hydroxyl groups is 1. The Morgan fingerprint density at radius 3 is 1.73 bits per heavy atom. The maximum atomic E-state index is 14.8. The van der Waals surface area contributed by atoms with Crippen LogP contribution in [0.1, 0.15) is 36.1 Å². The molecule has 0 saturated carbocycles. The van der Waals surface area contributed by atoms with E-state index in [0.29, 0.717) is 12.1 Å². The number of alkyl halides is 9. The second-order valence-electron chi connectivity index (χ2n) is 10.3. The number of amides is 1. The molecule has 15 heteroatoms. The molecule has 0 heterocycles. The van der Waals surface area contributed by atoms with Gasteiger partial charge in [-0.2, -0.15) is 39.5 Å². The van der Waals surface area contributed by atoms with Crippen LogP contribution >= 0.6 is 0 Å². The van der Waals surface area contributed by atoms with Crippen molar-refractivity contribution < 1.29 is 58.2 Å². The molecule has 3 rings (SSSR count). The minimum Gasteiger partial charge on any atom is -0.372 e. The number of nitrogens with one attached hydrogen (secondary N) is 2. The standard InChI is InChI=1S/C29H25F11N2O2/c1-16(2)41-23(26(44,28(35,36)37)29(38,39)40)24(43)42-25(15-17-6-4-3-5-7-17,18-8-10-21(30)11-9-18)19-12-20(27(32,33)34)14-22(31)13-19/h3-14,16,23,41,44H,15H2,1-2H3,(H,42,43)/t23-,25-/m1/s1. The van der Waals surface area contributed by atoms with Crippen LogP contribution < -0.4 is 10.6 Å². The fourth-order valence-electron chi connectivity index (χ4n) is 4.69. The number of benzene rings is 3. The van der Waals surface area contributed by atoms with Gasteiger partial charge in [0.15, 0.2) is 0 Å². The third-order valence-corrected chi connectivity index (χ3v) is 6.75. The third-order valence-electron chi connectivity index (χ3n) is 6.75. The zero-order chi connectivity index (χ0) is 33.3. The number of hydrogen-bond donors (Lipinski definition) is 3. The minimum absolute atomic E-state index is 0.0957. The number of halogens is 11. The molecule has 0 saturated heterocycles. The maximum Gasteiger partial charge on any atom is 0.428 e. The van der Waals surface area contributed by atoms with E-state index in [1.54, 1.807) is 5.32 Å². The summed E-state index contributed by atoms with van der Waals surface area (Å²) < 4.78 is 154. The Kier molecular flexibility index (Phi) is 9.76. The number of carbonyl (C=O) groups is 1. The van der Waals surface area contributed by atoms with Gasteiger partial charge in [0.2, 0.25) is 5.91 Å². The molecule has 0 radical (unpaired) electrons. The Balaban J connectivity index is 2.41. The predicted octanol–water partition coefficient (Wildman–Crippen LogP) is 6.81. The van der Waals surface area contributed by atoms with Gasteiger partial charge in [0, 0.05) is 12.5 Å². The Hall–Kier alpha value is -3.72. The summed E-state index contributed by atoms with van der Waals surface area (Å²) in [6.07, 6.45) is -18.8. The van der Waals surface area contributed by atoms with Gasteiger partial charge in [-0.15, -0.1) is 0 Å². The highest BCUT2D eigenvalue weighted by molar-refractivity contribution is 5.85. The molecule has 0 aromatic heterocycles. The van der Waals surface area contributed by atoms with Gasteiger partial charge in [-0.3, -0.25) is 4.79 Å². The molecule has 2 atom stereocenters. The van der Waals surface area contributed by atoms with Crippen molar-refractivity contribution >= 4 is 5.91 Å². The normalized spacial score (nSPS) is 15.2. The fourth-order valence-corrected chi connectivity index (χ4v) is 4.69. The van der Waals surface area contributed by atoms with Crippen LogP contribution in [-0.2, 0) is 22.9 Å². The van der Waals surface area contributed by atoms with Gasteiger partial charge >= 0.3 is 18.5 Å². The summed E-state index contributed by atoms with van der Waals surface area (Å²) >= 11 is 0. The van der Waals surface area contributed by atoms with Crippen LogP contribution in [0.3, 0.4) is 0 Å². The molecule has 0 unspecified atom stereocenters. The average Bonchev–Trinajstić information content (AvgIpc) is 2.89. The van der Waals surface area contributed by atoms with Crippen LogP contribution in [0.15, 0.2) is 72.8 Å². The zero-order valence-electron chi connectivity index (χ0n) is 22.8. The van der Waals surface area contributed by atoms with Crippen molar-refractivity contribution in [3.8, 4) is 0 Å². The lowest BCUT2D eigenvalue weighted by Crippen LogP contribution is -2.73. The van der Waals surface area contributed by atoms with Crippen LogP contribution in [0.5, 0.6) is 0 Å². The molecule has 3 N–H and O–H groups in total. The van der Waals surface area contributed by atoms with E-state index in [9.17, 15) is 58.2 Å². The van der Waals surface area contributed by atoms with Gasteiger partial charge < -0.3 is 15.7 Å². The molecule has 3 aromatic carbocycles. The van der Waals surface area contributed by atoms with Gasteiger partial charge in [-0.25, -0.2) is 8.78 Å². The van der Waals surface area contributed by atoms with Crippen molar-refractivity contribution in [2.24, 2.45) is 0 Å². The summed E-state index contributed by atoms with van der Waals surface area (Å²) in [6.45, 7) is 2.15. The van der Waals surface area contributed by atoms with Crippen molar-refractivity contribution in [1.82, 2.24) is 10.6 Å². The monoisotopic (exact) mass is 642 g/mol. The molecule has 0 aliphatic rings. The van der Waals surface area contributed by atoms with E-state index in [0.717, 1.165) is 38.1 Å². The molecule has 0 fully saturated rings. The summed E-state index contributed by atoms with van der Waals surface area (Å²) in [7, 11) is 0. The highest BCUT2D eigenvalue weighted by atomic mass is 19.4. The first-order valence-corrected chi connectivity index (χ1v) is 12.7. The van der Waals surface area contributed by atoms with E-state index in [1.165, 1.54) is 30.3 Å². The molecule has 3 aromatic rings. The van der Waals surface area contributed by atoms with Crippen LogP contribution in [0.4, 0.5) is 48.3 Å². The van der Waals surface area contributed by atoms with Crippen LogP contribution in [-0.4, -0.2) is 41.1 Å². The van der Waals surface area contributed by atoms with E-state index in [-0.39, 0.29) is 17.2 Å². The molecule has 1 amide bonds. The predicted molar refractivity (Wildman–Crippen MR) is 136 cm³/mol. The van der Waals surface area contributed by atoms with E-state index in [4.69, 9.17) is 0 Å². The molecule has 0 spiro atoms. The third kappa shape index (κ3) is 7.15. The lowest BCUT2D eigenvalue weighted by atomic mass is 9.76. The maximum absolute atomic E-state index is 14.8. The SMILES string of the molecule is CC(C)N[C@H](C(=O)N[C@](Cc1ccccc1)(c1ccc(F)cc1)c1cc(F)cc(C(F)(F)F)c1)C(O)(C(F)(F)F)C(F)(F)F. The Bertz CT molecular complexity index is 1420. The molecular formula is C29H25F11N2O2. The van der Waals surface area contributed by atoms with Crippen molar-refractivity contribution in [2.75, 3.05) is 0 Å². The Morgan fingerprint density at radius 1 is 0.727 bits per heavy atom. The molecule has 4 nitrogen and oxygen atoms in total. The van der Waals surface area contributed by atoms with E-state index in [1.807, 2.05) is 5.32 Å². The minimum atomic E-state index is -6.49. The summed E-state index contributed by atoms with van der Waals surface area (Å²) in [4.78, 5) is 13.7. The van der Waals surface area contributed by atoms with E-state index in [2.05, 4.69) is 0 Å². The topological polar surface area (TPSA) is 61.4 Å². The van der Waals surface area contributed by atoms with E-state index < -0.39 is 76.8 Å². The number of carbonyl (C=O) groups excluding carboxylic acids is 1. The molecule has 0 aliphatic heterocycles. The van der Waals surface area contributed by atoms with Gasteiger partial charge in [0.1, 0.15) is 17.7 Å². The van der Waals surface area contributed by atoms with E-state index >= 15 is 0 Å². The Labute approximate surface area is 243 Å². The Morgan fingerprint density at radius 2 is 1.25 bits per heavy atom. The second-order valence-corrected chi connectivity index (χ2v) is 10.3. The summed E-state index contributed by atoms with van der Waals surface area (Å²) in [5, 5.41) is 13.9. The first-order chi connectivity index (χ1) is 20.1. The van der Waals surface area contributed by atoms with Gasteiger partial charge in [-0.05, 0) is 47.0 Å². The van der Waals surface area contributed by atoms with Crippen LogP contribution in [0.2, 0.25) is 0 Å². The van der Waals surface area contributed by atoms with Crippen molar-refractivity contribution in [3.05, 3.63) is 107 Å². The van der Waals surface area contributed by atoms with Crippen molar-refractivity contribution in [2.45, 2.75) is 62.0 Å². The average molecular weight is 643 g/mol. The summed E-state index contributed by atoms with van der Waals surface area (Å²) in [6, 6.07) is 6.68. The largest absolute Gasteiger partial charge is 0.428 e. The quantitative estimate of drug-likeness (QED) is 0.225. The molecular weight excluding hydrogens is 617 g/mol. The highest BCUT2D eigenvalue weighted by Crippen LogP contribution is 2.46. The molecule has 0 bridgehead atoms. The summed E-state index contributed by atoms with van der Waals surface area (Å²) in [5.41, 5.74) is -10.8. The lowest BCUT2D eigenvalue weighted by molar-refractivity contribution is -0.373. The van der Waals surface area contributed by atoms with Crippen LogP contribution in [0, 0.1) is 11.6 Å². The molecule has 240 valence electrons. The number of rotatable bonds is 9. The molecule has 44 heavy (non-hydrogen) atoms. The lowest BCUT2D eigenvalue weighted by Gasteiger charge is -2.42.